The molecule has 3 aliphatic rings. The molecule has 2 saturated carbocycles. The summed E-state index contributed by atoms with van der Waals surface area (Å²) in [6.45, 7) is 3.50. The second-order valence-electron chi connectivity index (χ2n) is 8.55. The summed E-state index contributed by atoms with van der Waals surface area (Å²) in [5.74, 6) is -0.995. The van der Waals surface area contributed by atoms with Crippen LogP contribution in [0, 0.1) is 37.5 Å². The van der Waals surface area contributed by atoms with Gasteiger partial charge < -0.3 is 10.1 Å². The number of benzene rings is 1. The number of likely N-dealkylation sites (tertiary alicyclic amines) is 1. The van der Waals surface area contributed by atoms with E-state index in [9.17, 15) is 19.2 Å². The molecule has 1 N–H and O–H groups in total. The lowest BCUT2D eigenvalue weighted by Gasteiger charge is -2.19. The van der Waals surface area contributed by atoms with Crippen molar-refractivity contribution in [3.8, 4) is 0 Å². The van der Waals surface area contributed by atoms with Gasteiger partial charge in [0.25, 0.3) is 5.91 Å². The van der Waals surface area contributed by atoms with E-state index in [1.54, 1.807) is 0 Å². The standard InChI is InChI=1S/C22H26N2O5/c1-12-7-13(2)9-16(8-12)23-17(25)11-29-18(26)5-6-24-21(27)19-14-3-4-15(10-14)20(19)22(24)28/h7-9,14-15,19-20H,3-6,10-11H2,1-2H3,(H,23,25)/t14-,15-,19-,20+/m1/s1. The van der Waals surface area contributed by atoms with Gasteiger partial charge in [0.2, 0.25) is 11.8 Å². The van der Waals surface area contributed by atoms with E-state index in [1.807, 2.05) is 32.0 Å². The lowest BCUT2D eigenvalue weighted by molar-refractivity contribution is -0.149. The monoisotopic (exact) mass is 398 g/mol. The van der Waals surface area contributed by atoms with E-state index in [4.69, 9.17) is 4.74 Å². The number of nitrogens with one attached hydrogen (secondary N) is 1. The zero-order valence-electron chi connectivity index (χ0n) is 16.8. The SMILES string of the molecule is Cc1cc(C)cc(NC(=O)COC(=O)CCN2C(=O)[C@@H]3[C@@H]4CC[C@H](C4)[C@@H]3C2=O)c1. The van der Waals surface area contributed by atoms with Crippen LogP contribution < -0.4 is 5.32 Å². The van der Waals surface area contributed by atoms with Crippen LogP contribution in [0.2, 0.25) is 0 Å². The van der Waals surface area contributed by atoms with Crippen LogP contribution in [0.1, 0.15) is 36.8 Å². The van der Waals surface area contributed by atoms with Crippen LogP contribution in [-0.4, -0.2) is 41.7 Å². The molecule has 3 fully saturated rings. The summed E-state index contributed by atoms with van der Waals surface area (Å²) in [5, 5.41) is 2.70. The van der Waals surface area contributed by atoms with E-state index < -0.39 is 18.5 Å². The summed E-state index contributed by atoms with van der Waals surface area (Å²) in [6, 6.07) is 5.67. The average Bonchev–Trinajstić information content (AvgIpc) is 3.32. The van der Waals surface area contributed by atoms with Crippen molar-refractivity contribution in [1.29, 1.82) is 0 Å². The molecule has 0 radical (unpaired) electrons. The third-order valence-electron chi connectivity index (χ3n) is 6.43. The minimum Gasteiger partial charge on any atom is -0.456 e. The topological polar surface area (TPSA) is 92.8 Å². The van der Waals surface area contributed by atoms with Crippen molar-refractivity contribution in [3.63, 3.8) is 0 Å². The molecule has 1 saturated heterocycles. The van der Waals surface area contributed by atoms with Crippen LogP contribution in [0.3, 0.4) is 0 Å². The van der Waals surface area contributed by atoms with Gasteiger partial charge in [-0.15, -0.1) is 0 Å². The Morgan fingerprint density at radius 1 is 1.03 bits per heavy atom. The van der Waals surface area contributed by atoms with Crippen molar-refractivity contribution in [2.24, 2.45) is 23.7 Å². The molecule has 4 atom stereocenters. The fourth-order valence-electron chi connectivity index (χ4n) is 5.36. The molecule has 1 aromatic carbocycles. The van der Waals surface area contributed by atoms with Gasteiger partial charge >= 0.3 is 5.97 Å². The fourth-order valence-corrected chi connectivity index (χ4v) is 5.36. The Labute approximate surface area is 169 Å². The highest BCUT2D eigenvalue weighted by Gasteiger charge is 2.60. The van der Waals surface area contributed by atoms with Gasteiger partial charge in [0.1, 0.15) is 0 Å². The molecular formula is C22H26N2O5. The molecule has 3 amide bonds. The minimum absolute atomic E-state index is 0.0294. The molecule has 29 heavy (non-hydrogen) atoms. The van der Waals surface area contributed by atoms with E-state index in [-0.39, 0.29) is 36.6 Å². The minimum atomic E-state index is -0.596. The van der Waals surface area contributed by atoms with E-state index in [2.05, 4.69) is 5.32 Å². The lowest BCUT2D eigenvalue weighted by Crippen LogP contribution is -2.35. The Morgan fingerprint density at radius 2 is 1.62 bits per heavy atom. The summed E-state index contributed by atoms with van der Waals surface area (Å²) < 4.78 is 5.02. The van der Waals surface area contributed by atoms with Gasteiger partial charge in [0.05, 0.1) is 18.3 Å². The molecule has 0 unspecified atom stereocenters. The van der Waals surface area contributed by atoms with Crippen LogP contribution in [-0.2, 0) is 23.9 Å². The van der Waals surface area contributed by atoms with Crippen molar-refractivity contribution in [1.82, 2.24) is 4.90 Å². The quantitative estimate of drug-likeness (QED) is 0.586. The first-order chi connectivity index (χ1) is 13.8. The first-order valence-electron chi connectivity index (χ1n) is 10.2. The number of carbonyl (C=O) groups is 4. The molecule has 4 rings (SSSR count). The van der Waals surface area contributed by atoms with Gasteiger partial charge in [-0.2, -0.15) is 0 Å². The second-order valence-corrected chi connectivity index (χ2v) is 8.55. The maximum absolute atomic E-state index is 12.6. The van der Waals surface area contributed by atoms with Gasteiger partial charge in [-0.25, -0.2) is 0 Å². The highest BCUT2D eigenvalue weighted by atomic mass is 16.5. The molecule has 1 aromatic rings. The number of fused-ring (bicyclic) bond motifs is 5. The van der Waals surface area contributed by atoms with Crippen molar-refractivity contribution in [3.05, 3.63) is 29.3 Å². The first-order valence-corrected chi connectivity index (χ1v) is 10.2. The van der Waals surface area contributed by atoms with Gasteiger partial charge in [-0.1, -0.05) is 6.07 Å². The summed E-state index contributed by atoms with van der Waals surface area (Å²) in [7, 11) is 0. The zero-order valence-corrected chi connectivity index (χ0v) is 16.8. The van der Waals surface area contributed by atoms with Gasteiger partial charge in [0.15, 0.2) is 6.61 Å². The summed E-state index contributed by atoms with van der Waals surface area (Å²) in [6.07, 6.45) is 2.94. The van der Waals surface area contributed by atoms with E-state index in [0.29, 0.717) is 17.5 Å². The maximum atomic E-state index is 12.6. The largest absolute Gasteiger partial charge is 0.456 e. The number of imide groups is 1. The molecule has 0 aromatic heterocycles. The van der Waals surface area contributed by atoms with Crippen molar-refractivity contribution in [2.75, 3.05) is 18.5 Å². The second kappa shape index (κ2) is 7.61. The normalized spacial score (nSPS) is 27.3. The molecule has 1 aliphatic heterocycles. The van der Waals surface area contributed by atoms with Crippen molar-refractivity contribution in [2.45, 2.75) is 39.5 Å². The number of ether oxygens (including phenoxy) is 1. The van der Waals surface area contributed by atoms with Crippen LogP contribution in [0.5, 0.6) is 0 Å². The van der Waals surface area contributed by atoms with Crippen LogP contribution >= 0.6 is 0 Å². The molecule has 2 bridgehead atoms. The third kappa shape index (κ3) is 3.78. The fraction of sp³-hybridized carbons (Fsp3) is 0.545. The predicted molar refractivity (Wildman–Crippen MR) is 105 cm³/mol. The summed E-state index contributed by atoms with van der Waals surface area (Å²) >= 11 is 0. The number of hydrogen-bond acceptors (Lipinski definition) is 5. The molecular weight excluding hydrogens is 372 g/mol. The number of carbonyl (C=O) groups excluding carboxylic acids is 4. The number of esters is 1. The number of hydrogen-bond donors (Lipinski definition) is 1. The number of nitrogens with zero attached hydrogens (tertiary/aromatic N) is 1. The lowest BCUT2D eigenvalue weighted by atomic mass is 9.81. The van der Waals surface area contributed by atoms with Gasteiger partial charge in [-0.05, 0) is 68.2 Å². The number of amides is 3. The predicted octanol–water partition coefficient (Wildman–Crippen LogP) is 2.21. The van der Waals surface area contributed by atoms with E-state index >= 15 is 0 Å². The number of anilines is 1. The number of rotatable bonds is 6. The molecule has 154 valence electrons. The zero-order chi connectivity index (χ0) is 20.7. The Hall–Kier alpha value is -2.70. The van der Waals surface area contributed by atoms with Gasteiger partial charge in [-0.3, -0.25) is 24.1 Å². The maximum Gasteiger partial charge on any atom is 0.308 e. The van der Waals surface area contributed by atoms with Crippen LogP contribution in [0.15, 0.2) is 18.2 Å². The van der Waals surface area contributed by atoms with Crippen LogP contribution in [0.4, 0.5) is 5.69 Å². The highest BCUT2D eigenvalue weighted by Crippen LogP contribution is 2.56. The Kier molecular flexibility index (Phi) is 5.15. The Balaban J connectivity index is 1.24. The van der Waals surface area contributed by atoms with Gasteiger partial charge in [0, 0.05) is 12.2 Å². The molecule has 2 aliphatic carbocycles. The Morgan fingerprint density at radius 3 is 2.21 bits per heavy atom. The smallest absolute Gasteiger partial charge is 0.308 e. The summed E-state index contributed by atoms with van der Waals surface area (Å²) in [5.41, 5.74) is 2.70. The van der Waals surface area contributed by atoms with E-state index in [0.717, 1.165) is 30.4 Å². The van der Waals surface area contributed by atoms with E-state index in [1.165, 1.54) is 4.90 Å². The molecule has 1 heterocycles. The van der Waals surface area contributed by atoms with Crippen molar-refractivity contribution < 1.29 is 23.9 Å². The van der Waals surface area contributed by atoms with Crippen molar-refractivity contribution >= 4 is 29.4 Å². The summed E-state index contributed by atoms with van der Waals surface area (Å²) in [4.78, 5) is 50.5. The number of aryl methyl sites for hydroxylation is 2. The third-order valence-corrected chi connectivity index (χ3v) is 6.43. The van der Waals surface area contributed by atoms with Crippen LogP contribution in [0.25, 0.3) is 0 Å². The molecule has 0 spiro atoms. The Bertz CT molecular complexity index is 832. The molecule has 7 heteroatoms. The highest BCUT2D eigenvalue weighted by molar-refractivity contribution is 6.06. The first kappa shape index (κ1) is 19.6. The average molecular weight is 398 g/mol. The molecule has 7 nitrogen and oxygen atoms in total.